The number of hydrogen-bond donors (Lipinski definition) is 2. The SMILES string of the molecule is CCNC(=NCc1cc(C)ccc1OC(F)F)NCC(F)F. The molecule has 0 aliphatic carbocycles. The van der Waals surface area contributed by atoms with Gasteiger partial charge in [-0.1, -0.05) is 17.7 Å². The second-order valence-corrected chi connectivity index (χ2v) is 4.46. The normalized spacial score (nSPS) is 11.9. The van der Waals surface area contributed by atoms with Gasteiger partial charge in [-0.15, -0.1) is 0 Å². The van der Waals surface area contributed by atoms with E-state index in [9.17, 15) is 17.6 Å². The van der Waals surface area contributed by atoms with Gasteiger partial charge in [0.25, 0.3) is 6.43 Å². The summed E-state index contributed by atoms with van der Waals surface area (Å²) in [5.41, 5.74) is 1.31. The zero-order valence-electron chi connectivity index (χ0n) is 12.4. The molecule has 0 heterocycles. The Morgan fingerprint density at radius 1 is 1.23 bits per heavy atom. The van der Waals surface area contributed by atoms with Crippen molar-refractivity contribution < 1.29 is 22.3 Å². The van der Waals surface area contributed by atoms with E-state index in [0.717, 1.165) is 5.56 Å². The molecule has 0 aliphatic rings. The molecule has 0 radical (unpaired) electrons. The van der Waals surface area contributed by atoms with Crippen LogP contribution in [-0.4, -0.2) is 32.1 Å². The Morgan fingerprint density at radius 2 is 1.95 bits per heavy atom. The largest absolute Gasteiger partial charge is 0.434 e. The summed E-state index contributed by atoms with van der Waals surface area (Å²) in [5.74, 6) is 0.210. The molecule has 124 valence electrons. The van der Waals surface area contributed by atoms with Crippen molar-refractivity contribution >= 4 is 5.96 Å². The monoisotopic (exact) mass is 321 g/mol. The van der Waals surface area contributed by atoms with Gasteiger partial charge in [-0.05, 0) is 19.9 Å². The summed E-state index contributed by atoms with van der Waals surface area (Å²) in [6.45, 7) is 0.638. The highest BCUT2D eigenvalue weighted by Crippen LogP contribution is 2.22. The fourth-order valence-electron chi connectivity index (χ4n) is 1.72. The molecule has 0 saturated heterocycles. The van der Waals surface area contributed by atoms with Crippen molar-refractivity contribution in [2.75, 3.05) is 13.1 Å². The Morgan fingerprint density at radius 3 is 2.55 bits per heavy atom. The van der Waals surface area contributed by atoms with Crippen LogP contribution in [0.1, 0.15) is 18.1 Å². The Labute approximate surface area is 126 Å². The van der Waals surface area contributed by atoms with Gasteiger partial charge >= 0.3 is 6.61 Å². The molecule has 0 aromatic heterocycles. The van der Waals surface area contributed by atoms with Crippen LogP contribution >= 0.6 is 0 Å². The maximum absolute atomic E-state index is 12.4. The Hall–Kier alpha value is -1.99. The molecule has 0 fully saturated rings. The van der Waals surface area contributed by atoms with Crippen molar-refractivity contribution in [1.29, 1.82) is 0 Å². The first-order valence-electron chi connectivity index (χ1n) is 6.77. The Bertz CT molecular complexity index is 495. The van der Waals surface area contributed by atoms with E-state index in [2.05, 4.69) is 20.4 Å². The standard InChI is InChI=1S/C14H19F4N3O/c1-3-19-14(21-8-12(15)16)20-7-10-6-9(2)4-5-11(10)22-13(17)18/h4-6,12-13H,3,7-8H2,1-2H3,(H2,19,20,21). The molecule has 8 heteroatoms. The number of aliphatic imine (C=N–C) groups is 1. The van der Waals surface area contributed by atoms with Gasteiger partial charge in [0.15, 0.2) is 5.96 Å². The van der Waals surface area contributed by atoms with E-state index in [0.29, 0.717) is 12.1 Å². The Balaban J connectivity index is 2.85. The van der Waals surface area contributed by atoms with Crippen LogP contribution in [0.25, 0.3) is 0 Å². The van der Waals surface area contributed by atoms with Crippen molar-refractivity contribution in [3.63, 3.8) is 0 Å². The average molecular weight is 321 g/mol. The van der Waals surface area contributed by atoms with Gasteiger partial charge in [0.1, 0.15) is 5.75 Å². The number of guanidine groups is 1. The third-order valence-corrected chi connectivity index (χ3v) is 2.61. The molecular weight excluding hydrogens is 302 g/mol. The number of nitrogens with zero attached hydrogens (tertiary/aromatic N) is 1. The molecule has 2 N–H and O–H groups in total. The third-order valence-electron chi connectivity index (χ3n) is 2.61. The molecule has 0 saturated carbocycles. The summed E-state index contributed by atoms with van der Waals surface area (Å²) in [6, 6.07) is 4.74. The van der Waals surface area contributed by atoms with Gasteiger partial charge in [0.05, 0.1) is 13.1 Å². The lowest BCUT2D eigenvalue weighted by atomic mass is 10.1. The van der Waals surface area contributed by atoms with Crippen molar-refractivity contribution in [2.24, 2.45) is 4.99 Å². The van der Waals surface area contributed by atoms with Gasteiger partial charge in [0.2, 0.25) is 0 Å². The zero-order valence-corrected chi connectivity index (χ0v) is 12.4. The van der Waals surface area contributed by atoms with Crippen molar-refractivity contribution in [2.45, 2.75) is 33.4 Å². The van der Waals surface area contributed by atoms with E-state index < -0.39 is 19.6 Å². The first kappa shape index (κ1) is 18.1. The minimum atomic E-state index is -2.93. The molecule has 1 aromatic rings. The fraction of sp³-hybridized carbons (Fsp3) is 0.500. The maximum Gasteiger partial charge on any atom is 0.387 e. The molecule has 0 bridgehead atoms. The van der Waals surface area contributed by atoms with E-state index >= 15 is 0 Å². The summed E-state index contributed by atoms with van der Waals surface area (Å²) in [6.07, 6.45) is -2.51. The van der Waals surface area contributed by atoms with Gasteiger partial charge in [-0.25, -0.2) is 13.8 Å². The van der Waals surface area contributed by atoms with Gasteiger partial charge in [0, 0.05) is 12.1 Å². The second kappa shape index (κ2) is 9.11. The highest BCUT2D eigenvalue weighted by molar-refractivity contribution is 5.79. The summed E-state index contributed by atoms with van der Waals surface area (Å²) in [5, 5.41) is 5.26. The lowest BCUT2D eigenvalue weighted by molar-refractivity contribution is -0.0504. The minimum absolute atomic E-state index is 0.0223. The highest BCUT2D eigenvalue weighted by Gasteiger charge is 2.10. The van der Waals surface area contributed by atoms with Crippen LogP contribution in [0.15, 0.2) is 23.2 Å². The van der Waals surface area contributed by atoms with Crippen LogP contribution in [0.2, 0.25) is 0 Å². The number of hydrogen-bond acceptors (Lipinski definition) is 2. The number of alkyl halides is 4. The number of nitrogens with one attached hydrogen (secondary N) is 2. The number of halogens is 4. The van der Waals surface area contributed by atoms with Crippen LogP contribution < -0.4 is 15.4 Å². The van der Waals surface area contributed by atoms with E-state index in [4.69, 9.17) is 0 Å². The predicted octanol–water partition coefficient (Wildman–Crippen LogP) is 2.92. The zero-order chi connectivity index (χ0) is 16.5. The lowest BCUT2D eigenvalue weighted by Gasteiger charge is -2.13. The molecule has 0 spiro atoms. The highest BCUT2D eigenvalue weighted by atomic mass is 19.3. The molecule has 0 atom stereocenters. The van der Waals surface area contributed by atoms with Gasteiger partial charge in [-0.2, -0.15) is 8.78 Å². The third kappa shape index (κ3) is 6.64. The molecule has 4 nitrogen and oxygen atoms in total. The Kier molecular flexibility index (Phi) is 7.48. The number of ether oxygens (including phenoxy) is 1. The average Bonchev–Trinajstić information content (AvgIpc) is 2.44. The first-order valence-corrected chi connectivity index (χ1v) is 6.77. The molecule has 1 rings (SSSR count). The van der Waals surface area contributed by atoms with Crippen LogP contribution in [0.5, 0.6) is 5.75 Å². The van der Waals surface area contributed by atoms with Crippen LogP contribution in [-0.2, 0) is 6.54 Å². The first-order chi connectivity index (χ1) is 10.4. The predicted molar refractivity (Wildman–Crippen MR) is 76.6 cm³/mol. The summed E-state index contributed by atoms with van der Waals surface area (Å²) in [4.78, 5) is 4.10. The van der Waals surface area contributed by atoms with E-state index in [-0.39, 0.29) is 18.3 Å². The quantitative estimate of drug-likeness (QED) is 0.461. The van der Waals surface area contributed by atoms with E-state index in [1.165, 1.54) is 6.07 Å². The number of rotatable bonds is 7. The topological polar surface area (TPSA) is 45.7 Å². The summed E-state index contributed by atoms with van der Waals surface area (Å²) in [7, 11) is 0. The molecule has 1 aromatic carbocycles. The summed E-state index contributed by atoms with van der Waals surface area (Å²) < 4.78 is 53.6. The van der Waals surface area contributed by atoms with Crippen LogP contribution in [0, 0.1) is 6.92 Å². The van der Waals surface area contributed by atoms with Gasteiger partial charge < -0.3 is 15.4 Å². The number of aryl methyl sites for hydroxylation is 1. The molecule has 0 unspecified atom stereocenters. The van der Waals surface area contributed by atoms with Crippen molar-refractivity contribution in [3.05, 3.63) is 29.3 Å². The van der Waals surface area contributed by atoms with Crippen LogP contribution in [0.3, 0.4) is 0 Å². The molecule has 0 amide bonds. The fourth-order valence-corrected chi connectivity index (χ4v) is 1.72. The van der Waals surface area contributed by atoms with Gasteiger partial charge in [-0.3, -0.25) is 0 Å². The molecular formula is C14H19F4N3O. The second-order valence-electron chi connectivity index (χ2n) is 4.46. The summed E-state index contributed by atoms with van der Waals surface area (Å²) >= 11 is 0. The number of benzene rings is 1. The smallest absolute Gasteiger partial charge is 0.387 e. The van der Waals surface area contributed by atoms with E-state index in [1.54, 1.807) is 26.0 Å². The van der Waals surface area contributed by atoms with E-state index in [1.807, 2.05) is 0 Å². The lowest BCUT2D eigenvalue weighted by Crippen LogP contribution is -2.39. The molecule has 0 aliphatic heterocycles. The van der Waals surface area contributed by atoms with Crippen molar-refractivity contribution in [3.8, 4) is 5.75 Å². The van der Waals surface area contributed by atoms with Crippen molar-refractivity contribution in [1.82, 2.24) is 10.6 Å². The molecule has 22 heavy (non-hydrogen) atoms. The minimum Gasteiger partial charge on any atom is -0.434 e. The van der Waals surface area contributed by atoms with Crippen LogP contribution in [0.4, 0.5) is 17.6 Å². The maximum atomic E-state index is 12.4.